The average molecular weight is 507 g/mol. The number of allylic oxidation sites excluding steroid dienone is 2. The molecule has 1 N–H and O–H groups in total. The minimum absolute atomic E-state index is 0.0317. The number of benzene rings is 2. The summed E-state index contributed by atoms with van der Waals surface area (Å²) in [7, 11) is 0. The molecular weight excluding hydrogens is 490 g/mol. The number of thioether (sulfide) groups is 1. The van der Waals surface area contributed by atoms with Gasteiger partial charge in [0, 0.05) is 27.6 Å². The minimum atomic E-state index is -4.51. The summed E-state index contributed by atoms with van der Waals surface area (Å²) in [6, 6.07) is 8.92. The molecule has 0 aromatic heterocycles. The van der Waals surface area contributed by atoms with E-state index < -0.39 is 11.6 Å². The van der Waals surface area contributed by atoms with Gasteiger partial charge in [0.05, 0.1) is 16.0 Å². The van der Waals surface area contributed by atoms with Crippen LogP contribution in [0.5, 0.6) is 0 Å². The maximum absolute atomic E-state index is 14.3. The zero-order valence-electron chi connectivity index (χ0n) is 16.0. The molecule has 1 aliphatic heterocycles. The Morgan fingerprint density at radius 3 is 2.29 bits per heavy atom. The molecule has 1 fully saturated rings. The Labute approximate surface area is 197 Å². The highest BCUT2D eigenvalue weighted by molar-refractivity contribution is 8.00. The third kappa shape index (κ3) is 4.45. The van der Waals surface area contributed by atoms with Gasteiger partial charge in [-0.05, 0) is 59.9 Å². The molecule has 164 valence electrons. The van der Waals surface area contributed by atoms with Crippen LogP contribution in [-0.2, 0) is 5.41 Å². The monoisotopic (exact) mass is 505 g/mol. The van der Waals surface area contributed by atoms with Crippen LogP contribution in [0.1, 0.15) is 34.3 Å². The summed E-state index contributed by atoms with van der Waals surface area (Å²) in [5.74, 6) is 1.45. The topological polar surface area (TPSA) is 29.1 Å². The van der Waals surface area contributed by atoms with Crippen molar-refractivity contribution in [2.45, 2.75) is 30.5 Å². The fourth-order valence-corrected chi connectivity index (χ4v) is 5.33. The molecule has 1 atom stereocenters. The Morgan fingerprint density at radius 1 is 1.06 bits per heavy atom. The fraction of sp³-hybridized carbons (Fsp3) is 0.318. The highest BCUT2D eigenvalue weighted by Crippen LogP contribution is 2.54. The van der Waals surface area contributed by atoms with E-state index in [-0.39, 0.29) is 45.4 Å². The summed E-state index contributed by atoms with van der Waals surface area (Å²) in [4.78, 5) is 12.4. The van der Waals surface area contributed by atoms with Crippen molar-refractivity contribution in [2.75, 3.05) is 11.5 Å². The molecule has 0 saturated carbocycles. The van der Waals surface area contributed by atoms with Crippen molar-refractivity contribution < 1.29 is 18.0 Å². The zero-order chi connectivity index (χ0) is 22.4. The van der Waals surface area contributed by atoms with E-state index in [1.165, 1.54) is 18.2 Å². The minimum Gasteiger partial charge on any atom is -0.348 e. The van der Waals surface area contributed by atoms with Crippen LogP contribution in [0.2, 0.25) is 15.1 Å². The second kappa shape index (κ2) is 8.54. The molecule has 0 radical (unpaired) electrons. The van der Waals surface area contributed by atoms with E-state index in [1.54, 1.807) is 36.0 Å². The molecule has 1 heterocycles. The molecule has 0 spiro atoms. The predicted octanol–water partition coefficient (Wildman–Crippen LogP) is 7.17. The molecule has 2 aliphatic rings. The van der Waals surface area contributed by atoms with E-state index in [1.807, 2.05) is 0 Å². The van der Waals surface area contributed by atoms with Gasteiger partial charge in [0.25, 0.3) is 5.91 Å². The van der Waals surface area contributed by atoms with Crippen LogP contribution in [0.4, 0.5) is 13.2 Å². The van der Waals surface area contributed by atoms with Gasteiger partial charge in [0.1, 0.15) is 0 Å². The van der Waals surface area contributed by atoms with Crippen molar-refractivity contribution in [1.29, 1.82) is 0 Å². The third-order valence-corrected chi connectivity index (χ3v) is 7.73. The van der Waals surface area contributed by atoms with Crippen LogP contribution in [0.3, 0.4) is 0 Å². The summed E-state index contributed by atoms with van der Waals surface area (Å²) < 4.78 is 42.8. The number of hydrogen-bond acceptors (Lipinski definition) is 2. The Bertz CT molecular complexity index is 1050. The first kappa shape index (κ1) is 22.8. The Morgan fingerprint density at radius 2 is 1.74 bits per heavy atom. The molecule has 1 saturated heterocycles. The molecule has 9 heteroatoms. The lowest BCUT2D eigenvalue weighted by Gasteiger charge is -2.33. The van der Waals surface area contributed by atoms with Crippen molar-refractivity contribution >= 4 is 58.0 Å². The summed E-state index contributed by atoms with van der Waals surface area (Å²) in [5, 5.41) is 3.41. The highest BCUT2D eigenvalue weighted by atomic mass is 35.5. The largest absolute Gasteiger partial charge is 0.399 e. The van der Waals surface area contributed by atoms with Crippen LogP contribution >= 0.6 is 46.6 Å². The quantitative estimate of drug-likeness (QED) is 0.476. The normalized spacial score (nSPS) is 21.5. The van der Waals surface area contributed by atoms with Crippen LogP contribution in [0.15, 0.2) is 42.5 Å². The number of rotatable bonds is 4. The Balaban J connectivity index is 1.61. The zero-order valence-corrected chi connectivity index (χ0v) is 19.1. The molecule has 1 amide bonds. The van der Waals surface area contributed by atoms with E-state index in [9.17, 15) is 18.0 Å². The number of carbonyl (C=O) groups excluding carboxylic acids is 1. The highest BCUT2D eigenvalue weighted by Gasteiger charge is 2.57. The van der Waals surface area contributed by atoms with Crippen LogP contribution in [0.25, 0.3) is 5.57 Å². The van der Waals surface area contributed by atoms with Gasteiger partial charge in [0.2, 0.25) is 0 Å². The third-order valence-electron chi connectivity index (χ3n) is 5.70. The van der Waals surface area contributed by atoms with Crippen molar-refractivity contribution in [3.8, 4) is 0 Å². The van der Waals surface area contributed by atoms with Crippen molar-refractivity contribution in [1.82, 2.24) is 5.32 Å². The lowest BCUT2D eigenvalue weighted by atomic mass is 9.76. The molecule has 1 unspecified atom stereocenters. The van der Waals surface area contributed by atoms with Gasteiger partial charge in [-0.1, -0.05) is 46.9 Å². The number of hydrogen-bond donors (Lipinski definition) is 1. The second-order valence-corrected chi connectivity index (χ2v) is 10.1. The standard InChI is InChI=1S/C22H17Cl3F3NOS/c23-15-6-14(7-16(24)8-15)21(22(26,27)28)4-3-13(9-21)12-1-2-18(19(25)5-12)20(30)29-17-10-31-11-17/h1-3,5-8,17H,4,9-11H2,(H,29,30). The van der Waals surface area contributed by atoms with Crippen LogP contribution in [0, 0.1) is 0 Å². The second-order valence-electron chi connectivity index (χ2n) is 7.75. The molecule has 0 bridgehead atoms. The number of alkyl halides is 3. The smallest absolute Gasteiger partial charge is 0.348 e. The van der Waals surface area contributed by atoms with E-state index in [2.05, 4.69) is 5.32 Å². The maximum Gasteiger partial charge on any atom is 0.399 e. The molecule has 31 heavy (non-hydrogen) atoms. The molecule has 4 rings (SSSR count). The number of carbonyl (C=O) groups is 1. The molecule has 2 aromatic rings. The SMILES string of the molecule is O=C(NC1CSC1)c1ccc(C2=CCC(c3cc(Cl)cc(Cl)c3)(C(F)(F)F)C2)cc1Cl. The molecule has 2 nitrogen and oxygen atoms in total. The number of halogens is 6. The van der Waals surface area contributed by atoms with Crippen LogP contribution < -0.4 is 5.32 Å². The van der Waals surface area contributed by atoms with E-state index in [4.69, 9.17) is 34.8 Å². The lowest BCUT2D eigenvalue weighted by molar-refractivity contribution is -0.187. The first-order chi connectivity index (χ1) is 14.6. The van der Waals surface area contributed by atoms with Crippen LogP contribution in [-0.4, -0.2) is 29.6 Å². The van der Waals surface area contributed by atoms with Gasteiger partial charge in [-0.2, -0.15) is 24.9 Å². The average Bonchev–Trinajstić information content (AvgIpc) is 3.10. The van der Waals surface area contributed by atoms with Gasteiger partial charge in [-0.3, -0.25) is 4.79 Å². The first-order valence-corrected chi connectivity index (χ1v) is 11.8. The molecular formula is C22H17Cl3F3NOS. The van der Waals surface area contributed by atoms with Crippen molar-refractivity contribution in [3.63, 3.8) is 0 Å². The van der Waals surface area contributed by atoms with E-state index >= 15 is 0 Å². The Kier molecular flexibility index (Phi) is 6.29. The maximum atomic E-state index is 14.3. The first-order valence-electron chi connectivity index (χ1n) is 9.50. The lowest BCUT2D eigenvalue weighted by Crippen LogP contribution is -2.43. The summed E-state index contributed by atoms with van der Waals surface area (Å²) >= 11 is 20.0. The van der Waals surface area contributed by atoms with Gasteiger partial charge in [-0.25, -0.2) is 0 Å². The van der Waals surface area contributed by atoms with E-state index in [0.29, 0.717) is 16.7 Å². The fourth-order valence-electron chi connectivity index (χ4n) is 3.90. The van der Waals surface area contributed by atoms with Gasteiger partial charge < -0.3 is 5.32 Å². The van der Waals surface area contributed by atoms with Gasteiger partial charge >= 0.3 is 6.18 Å². The van der Waals surface area contributed by atoms with Crippen molar-refractivity contribution in [2.24, 2.45) is 0 Å². The van der Waals surface area contributed by atoms with Crippen molar-refractivity contribution in [3.05, 3.63) is 74.2 Å². The molecule has 2 aromatic carbocycles. The van der Waals surface area contributed by atoms with E-state index in [0.717, 1.165) is 11.5 Å². The summed E-state index contributed by atoms with van der Waals surface area (Å²) in [5.41, 5.74) is -0.715. The summed E-state index contributed by atoms with van der Waals surface area (Å²) in [6.07, 6.45) is -3.45. The summed E-state index contributed by atoms with van der Waals surface area (Å²) in [6.45, 7) is 0. The Hall–Kier alpha value is -1.34. The van der Waals surface area contributed by atoms with Gasteiger partial charge in [0.15, 0.2) is 0 Å². The predicted molar refractivity (Wildman–Crippen MR) is 121 cm³/mol. The number of amides is 1. The number of nitrogens with one attached hydrogen (secondary N) is 1. The molecule has 1 aliphatic carbocycles. The van der Waals surface area contributed by atoms with Gasteiger partial charge in [-0.15, -0.1) is 0 Å².